The van der Waals surface area contributed by atoms with Crippen molar-refractivity contribution in [2.75, 3.05) is 11.4 Å². The predicted molar refractivity (Wildman–Crippen MR) is 94.7 cm³/mol. The first-order valence-corrected chi connectivity index (χ1v) is 7.92. The lowest BCUT2D eigenvalue weighted by molar-refractivity contribution is 0.0966. The van der Waals surface area contributed by atoms with Crippen LogP contribution < -0.4 is 10.6 Å². The molecule has 0 saturated heterocycles. The molecule has 1 aromatic heterocycles. The lowest BCUT2D eigenvalue weighted by Gasteiger charge is -2.27. The summed E-state index contributed by atoms with van der Waals surface area (Å²) in [5, 5.41) is 0. The van der Waals surface area contributed by atoms with Gasteiger partial charge in [0.1, 0.15) is 0 Å². The molecule has 1 aromatic carbocycles. The fourth-order valence-electron chi connectivity index (χ4n) is 2.84. The maximum Gasteiger partial charge on any atom is 0.248 e. The maximum absolute atomic E-state index is 12.6. The number of aliphatic imine (C=N–C) groups is 1. The first kappa shape index (κ1) is 16.0. The molecular weight excluding hydrogens is 304 g/mol. The molecule has 0 spiro atoms. The number of benzene rings is 1. The fourth-order valence-corrected chi connectivity index (χ4v) is 2.84. The van der Waals surface area contributed by atoms with E-state index in [0.717, 1.165) is 11.4 Å². The maximum atomic E-state index is 12.6. The summed E-state index contributed by atoms with van der Waals surface area (Å²) >= 11 is 0. The standard InChI is InChI=1S/C18H20N4O2/c1-11(2)8-15(23)14-10-21-18-16(14)22(7-6-20-18)13-5-3-4-12(9-13)17(19)24/h3-6,9-11,21H,7-8H2,1-2H3,(H2,19,24). The number of hydrogen-bond donors (Lipinski definition) is 2. The molecule has 124 valence electrons. The number of aromatic amines is 1. The summed E-state index contributed by atoms with van der Waals surface area (Å²) in [6.07, 6.45) is 3.96. The van der Waals surface area contributed by atoms with Gasteiger partial charge in [-0.1, -0.05) is 19.9 Å². The summed E-state index contributed by atoms with van der Waals surface area (Å²) in [4.78, 5) is 33.4. The molecule has 1 aliphatic rings. The lowest BCUT2D eigenvalue weighted by Crippen LogP contribution is -2.24. The quantitative estimate of drug-likeness (QED) is 0.827. The van der Waals surface area contributed by atoms with Crippen molar-refractivity contribution in [1.29, 1.82) is 0 Å². The third kappa shape index (κ3) is 2.95. The third-order valence-electron chi connectivity index (χ3n) is 3.92. The van der Waals surface area contributed by atoms with E-state index in [1.807, 2.05) is 24.8 Å². The number of amides is 1. The molecule has 1 aliphatic heterocycles. The molecule has 0 unspecified atom stereocenters. The first-order chi connectivity index (χ1) is 11.5. The molecule has 0 saturated carbocycles. The van der Waals surface area contributed by atoms with Crippen molar-refractivity contribution in [3.63, 3.8) is 0 Å². The van der Waals surface area contributed by atoms with Gasteiger partial charge in [0.2, 0.25) is 5.91 Å². The minimum Gasteiger partial charge on any atom is -0.366 e. The smallest absolute Gasteiger partial charge is 0.248 e. The van der Waals surface area contributed by atoms with E-state index in [2.05, 4.69) is 9.98 Å². The molecule has 6 nitrogen and oxygen atoms in total. The van der Waals surface area contributed by atoms with Gasteiger partial charge in [0.05, 0.1) is 17.8 Å². The number of rotatable bonds is 5. The zero-order valence-corrected chi connectivity index (χ0v) is 13.7. The van der Waals surface area contributed by atoms with Crippen LogP contribution >= 0.6 is 0 Å². The van der Waals surface area contributed by atoms with Gasteiger partial charge in [0, 0.05) is 30.1 Å². The number of hydrogen-bond acceptors (Lipinski definition) is 4. The summed E-state index contributed by atoms with van der Waals surface area (Å²) in [5.74, 6) is 0.531. The summed E-state index contributed by atoms with van der Waals surface area (Å²) in [6, 6.07) is 7.07. The number of carbonyl (C=O) groups is 2. The number of nitrogens with one attached hydrogen (secondary N) is 1. The highest BCUT2D eigenvalue weighted by Crippen LogP contribution is 2.39. The Morgan fingerprint density at radius 3 is 2.88 bits per heavy atom. The van der Waals surface area contributed by atoms with Gasteiger partial charge in [-0.25, -0.2) is 4.99 Å². The number of ketones is 1. The van der Waals surface area contributed by atoms with Crippen LogP contribution in [0.4, 0.5) is 17.2 Å². The van der Waals surface area contributed by atoms with E-state index in [1.165, 1.54) is 0 Å². The van der Waals surface area contributed by atoms with Crippen LogP contribution in [0.1, 0.15) is 41.0 Å². The van der Waals surface area contributed by atoms with Crippen LogP contribution in [0.25, 0.3) is 0 Å². The molecule has 0 atom stereocenters. The van der Waals surface area contributed by atoms with E-state index in [-0.39, 0.29) is 11.7 Å². The van der Waals surface area contributed by atoms with Crippen LogP contribution in [0.2, 0.25) is 0 Å². The minimum atomic E-state index is -0.479. The van der Waals surface area contributed by atoms with Crippen LogP contribution in [0.15, 0.2) is 35.5 Å². The minimum absolute atomic E-state index is 0.0793. The van der Waals surface area contributed by atoms with E-state index in [9.17, 15) is 9.59 Å². The molecule has 0 radical (unpaired) electrons. The zero-order valence-electron chi connectivity index (χ0n) is 13.7. The fraction of sp³-hybridized carbons (Fsp3) is 0.278. The van der Waals surface area contributed by atoms with Crippen molar-refractivity contribution in [1.82, 2.24) is 4.98 Å². The summed E-state index contributed by atoms with van der Waals surface area (Å²) in [6.45, 7) is 4.56. The Kier molecular flexibility index (Phi) is 4.20. The van der Waals surface area contributed by atoms with Gasteiger partial charge in [-0.3, -0.25) is 9.59 Å². The van der Waals surface area contributed by atoms with E-state index in [0.29, 0.717) is 29.9 Å². The van der Waals surface area contributed by atoms with Gasteiger partial charge < -0.3 is 15.6 Å². The van der Waals surface area contributed by atoms with Crippen molar-refractivity contribution in [2.24, 2.45) is 16.6 Å². The summed E-state index contributed by atoms with van der Waals surface area (Å²) < 4.78 is 0. The second-order valence-electron chi connectivity index (χ2n) is 6.26. The molecule has 0 bridgehead atoms. The number of primary amides is 1. The zero-order chi connectivity index (χ0) is 17.3. The molecule has 24 heavy (non-hydrogen) atoms. The summed E-state index contributed by atoms with van der Waals surface area (Å²) in [7, 11) is 0. The number of nitrogens with zero attached hydrogens (tertiary/aromatic N) is 2. The number of H-pyrrole nitrogens is 1. The Hall–Kier alpha value is -2.89. The van der Waals surface area contributed by atoms with Gasteiger partial charge in [-0.05, 0) is 24.1 Å². The van der Waals surface area contributed by atoms with Crippen LogP contribution in [0, 0.1) is 5.92 Å². The highest BCUT2D eigenvalue weighted by molar-refractivity contribution is 6.06. The molecule has 6 heteroatoms. The van der Waals surface area contributed by atoms with Crippen LogP contribution in [-0.4, -0.2) is 29.4 Å². The summed E-state index contributed by atoms with van der Waals surface area (Å²) in [5.41, 5.74) is 7.99. The van der Waals surface area contributed by atoms with Crippen molar-refractivity contribution in [3.05, 3.63) is 41.6 Å². The highest BCUT2D eigenvalue weighted by Gasteiger charge is 2.25. The SMILES string of the molecule is CC(C)CC(=O)c1c[nH]c2c1N(c1cccc(C(N)=O)c1)CC=N2. The van der Waals surface area contributed by atoms with Crippen molar-refractivity contribution in [2.45, 2.75) is 20.3 Å². The molecule has 2 heterocycles. The van der Waals surface area contributed by atoms with Crippen molar-refractivity contribution >= 4 is 35.1 Å². The number of fused-ring (bicyclic) bond motifs is 1. The van der Waals surface area contributed by atoms with Crippen molar-refractivity contribution < 1.29 is 9.59 Å². The van der Waals surface area contributed by atoms with Gasteiger partial charge in [-0.2, -0.15) is 0 Å². The normalized spacial score (nSPS) is 13.2. The Morgan fingerprint density at radius 1 is 1.38 bits per heavy atom. The largest absolute Gasteiger partial charge is 0.366 e. The van der Waals surface area contributed by atoms with Gasteiger partial charge >= 0.3 is 0 Å². The molecule has 3 rings (SSSR count). The van der Waals surface area contributed by atoms with Crippen LogP contribution in [-0.2, 0) is 0 Å². The average molecular weight is 324 g/mol. The molecular formula is C18H20N4O2. The molecule has 0 aliphatic carbocycles. The average Bonchev–Trinajstić information content (AvgIpc) is 2.98. The molecule has 3 N–H and O–H groups in total. The molecule has 1 amide bonds. The lowest BCUT2D eigenvalue weighted by atomic mass is 10.0. The third-order valence-corrected chi connectivity index (χ3v) is 3.92. The van der Waals surface area contributed by atoms with E-state index < -0.39 is 5.91 Å². The number of nitrogens with two attached hydrogens (primary N) is 1. The molecule has 0 fully saturated rings. The number of anilines is 2. The Morgan fingerprint density at radius 2 is 2.17 bits per heavy atom. The monoisotopic (exact) mass is 324 g/mol. The predicted octanol–water partition coefficient (Wildman–Crippen LogP) is 3.20. The van der Waals surface area contributed by atoms with E-state index >= 15 is 0 Å². The highest BCUT2D eigenvalue weighted by atomic mass is 16.1. The van der Waals surface area contributed by atoms with Gasteiger partial charge in [0.15, 0.2) is 11.6 Å². The Balaban J connectivity index is 2.04. The second-order valence-corrected chi connectivity index (χ2v) is 6.26. The number of aromatic nitrogens is 1. The first-order valence-electron chi connectivity index (χ1n) is 7.92. The van der Waals surface area contributed by atoms with E-state index in [1.54, 1.807) is 30.6 Å². The van der Waals surface area contributed by atoms with Crippen LogP contribution in [0.5, 0.6) is 0 Å². The Bertz CT molecular complexity index is 820. The van der Waals surface area contributed by atoms with Crippen molar-refractivity contribution in [3.8, 4) is 0 Å². The molecule has 2 aromatic rings. The number of carbonyl (C=O) groups excluding carboxylic acids is 2. The number of Topliss-reactive ketones (excluding diaryl/α,β-unsaturated/α-hetero) is 1. The van der Waals surface area contributed by atoms with E-state index in [4.69, 9.17) is 5.73 Å². The van der Waals surface area contributed by atoms with Gasteiger partial charge in [0.25, 0.3) is 0 Å². The second kappa shape index (κ2) is 6.31. The Labute approximate surface area is 140 Å². The van der Waals surface area contributed by atoms with Gasteiger partial charge in [-0.15, -0.1) is 0 Å². The topological polar surface area (TPSA) is 91.5 Å². The van der Waals surface area contributed by atoms with Crippen LogP contribution in [0.3, 0.4) is 0 Å².